The summed E-state index contributed by atoms with van der Waals surface area (Å²) in [7, 11) is 0. The van der Waals surface area contributed by atoms with E-state index < -0.39 is 0 Å². The Morgan fingerprint density at radius 1 is 1.29 bits per heavy atom. The molecule has 0 bridgehead atoms. The largest absolute Gasteiger partial charge is 0.326 e. The molecule has 0 saturated heterocycles. The summed E-state index contributed by atoms with van der Waals surface area (Å²) in [6.45, 7) is 1.95. The van der Waals surface area contributed by atoms with Gasteiger partial charge >= 0.3 is 0 Å². The second kappa shape index (κ2) is 5.32. The Kier molecular flexibility index (Phi) is 3.79. The maximum Gasteiger partial charge on any atom is 0.227 e. The third-order valence-corrected chi connectivity index (χ3v) is 3.43. The molecule has 1 amide bonds. The molecule has 0 aliphatic heterocycles. The number of nitrogens with two attached hydrogens (primary N) is 1. The van der Waals surface area contributed by atoms with E-state index in [1.165, 1.54) is 12.8 Å². The van der Waals surface area contributed by atoms with Crippen LogP contribution in [0.1, 0.15) is 44.2 Å². The number of anilines is 1. The second-order valence-electron chi connectivity index (χ2n) is 4.88. The van der Waals surface area contributed by atoms with Gasteiger partial charge in [-0.1, -0.05) is 25.0 Å². The minimum Gasteiger partial charge on any atom is -0.326 e. The molecule has 92 valence electrons. The van der Waals surface area contributed by atoms with Gasteiger partial charge in [-0.15, -0.1) is 0 Å². The van der Waals surface area contributed by atoms with Gasteiger partial charge in [0.25, 0.3) is 0 Å². The number of carbonyl (C=O) groups is 1. The summed E-state index contributed by atoms with van der Waals surface area (Å²) < 4.78 is 0. The van der Waals surface area contributed by atoms with Gasteiger partial charge in [-0.3, -0.25) is 4.79 Å². The zero-order chi connectivity index (χ0) is 12.3. The maximum absolute atomic E-state index is 11.9. The Balaban J connectivity index is 1.96. The number of hydrogen-bond donors (Lipinski definition) is 2. The van der Waals surface area contributed by atoms with Crippen molar-refractivity contribution >= 4 is 11.6 Å². The van der Waals surface area contributed by atoms with Crippen LogP contribution in [0.2, 0.25) is 0 Å². The van der Waals surface area contributed by atoms with Crippen molar-refractivity contribution in [2.45, 2.75) is 38.6 Å². The Labute approximate surface area is 102 Å². The SMILES string of the molecule is CC(N)c1ccc(NC(=O)C2CCCC2)cc1. The summed E-state index contributed by atoms with van der Waals surface area (Å²) in [5.41, 5.74) is 7.73. The fourth-order valence-electron chi connectivity index (χ4n) is 2.30. The lowest BCUT2D eigenvalue weighted by Crippen LogP contribution is -2.20. The van der Waals surface area contributed by atoms with Crippen molar-refractivity contribution in [1.29, 1.82) is 0 Å². The second-order valence-corrected chi connectivity index (χ2v) is 4.88. The zero-order valence-electron chi connectivity index (χ0n) is 10.3. The fraction of sp³-hybridized carbons (Fsp3) is 0.500. The van der Waals surface area contributed by atoms with Crippen LogP contribution in [-0.2, 0) is 4.79 Å². The molecule has 0 radical (unpaired) electrons. The topological polar surface area (TPSA) is 55.1 Å². The van der Waals surface area contributed by atoms with Gasteiger partial charge in [-0.2, -0.15) is 0 Å². The van der Waals surface area contributed by atoms with Crippen LogP contribution in [0.5, 0.6) is 0 Å². The van der Waals surface area contributed by atoms with Crippen LogP contribution in [0.4, 0.5) is 5.69 Å². The molecule has 0 spiro atoms. The van der Waals surface area contributed by atoms with Crippen LogP contribution in [0, 0.1) is 5.92 Å². The highest BCUT2D eigenvalue weighted by molar-refractivity contribution is 5.92. The van der Waals surface area contributed by atoms with E-state index in [2.05, 4.69) is 5.32 Å². The van der Waals surface area contributed by atoms with Crippen molar-refractivity contribution in [2.75, 3.05) is 5.32 Å². The third-order valence-electron chi connectivity index (χ3n) is 3.43. The minimum absolute atomic E-state index is 0.0367. The van der Waals surface area contributed by atoms with E-state index in [0.29, 0.717) is 0 Å². The van der Waals surface area contributed by atoms with Crippen LogP contribution in [-0.4, -0.2) is 5.91 Å². The first kappa shape index (κ1) is 12.1. The molecule has 3 N–H and O–H groups in total. The third kappa shape index (κ3) is 3.07. The first-order chi connectivity index (χ1) is 8.16. The molecule has 3 nitrogen and oxygen atoms in total. The first-order valence-electron chi connectivity index (χ1n) is 6.33. The van der Waals surface area contributed by atoms with E-state index in [1.807, 2.05) is 31.2 Å². The van der Waals surface area contributed by atoms with Gasteiger partial charge in [0.05, 0.1) is 0 Å². The number of rotatable bonds is 3. The molecular formula is C14H20N2O. The van der Waals surface area contributed by atoms with Gasteiger partial charge in [0.1, 0.15) is 0 Å². The molecule has 0 aromatic heterocycles. The van der Waals surface area contributed by atoms with Crippen LogP contribution < -0.4 is 11.1 Å². The van der Waals surface area contributed by atoms with Gasteiger partial charge in [0.2, 0.25) is 5.91 Å². The normalized spacial score (nSPS) is 18.0. The molecule has 1 fully saturated rings. The lowest BCUT2D eigenvalue weighted by Gasteiger charge is -2.11. The van der Waals surface area contributed by atoms with Crippen molar-refractivity contribution in [3.8, 4) is 0 Å². The number of amides is 1. The van der Waals surface area contributed by atoms with Gasteiger partial charge < -0.3 is 11.1 Å². The average Bonchev–Trinajstić information content (AvgIpc) is 2.83. The summed E-state index contributed by atoms with van der Waals surface area (Å²) in [5, 5.41) is 2.97. The average molecular weight is 232 g/mol. The highest BCUT2D eigenvalue weighted by Gasteiger charge is 2.22. The van der Waals surface area contributed by atoms with Gasteiger partial charge in [0, 0.05) is 17.6 Å². The van der Waals surface area contributed by atoms with Crippen molar-refractivity contribution in [1.82, 2.24) is 0 Å². The van der Waals surface area contributed by atoms with Gasteiger partial charge in [-0.25, -0.2) is 0 Å². The lowest BCUT2D eigenvalue weighted by atomic mass is 10.1. The molecule has 3 heteroatoms. The predicted molar refractivity (Wildman–Crippen MR) is 69.6 cm³/mol. The quantitative estimate of drug-likeness (QED) is 0.842. The van der Waals surface area contributed by atoms with Crippen LogP contribution in [0.25, 0.3) is 0 Å². The van der Waals surface area contributed by atoms with Gasteiger partial charge in [-0.05, 0) is 37.5 Å². The molecule has 1 atom stereocenters. The van der Waals surface area contributed by atoms with Gasteiger partial charge in [0.15, 0.2) is 0 Å². The van der Waals surface area contributed by atoms with E-state index in [4.69, 9.17) is 5.73 Å². The monoisotopic (exact) mass is 232 g/mol. The smallest absolute Gasteiger partial charge is 0.227 e. The molecule has 1 aliphatic carbocycles. The Morgan fingerprint density at radius 3 is 2.41 bits per heavy atom. The number of benzene rings is 1. The number of hydrogen-bond acceptors (Lipinski definition) is 2. The van der Waals surface area contributed by atoms with Crippen molar-refractivity contribution < 1.29 is 4.79 Å². The van der Waals surface area contributed by atoms with E-state index >= 15 is 0 Å². The standard InChI is InChI=1S/C14H20N2O/c1-10(15)11-6-8-13(9-7-11)16-14(17)12-4-2-3-5-12/h6-10,12H,2-5,15H2,1H3,(H,16,17). The lowest BCUT2D eigenvalue weighted by molar-refractivity contribution is -0.119. The molecule has 2 rings (SSSR count). The Hall–Kier alpha value is -1.35. The van der Waals surface area contributed by atoms with E-state index in [1.54, 1.807) is 0 Å². The molecule has 17 heavy (non-hydrogen) atoms. The highest BCUT2D eigenvalue weighted by Crippen LogP contribution is 2.26. The Morgan fingerprint density at radius 2 is 1.88 bits per heavy atom. The van der Waals surface area contributed by atoms with Crippen molar-refractivity contribution in [3.05, 3.63) is 29.8 Å². The highest BCUT2D eigenvalue weighted by atomic mass is 16.1. The summed E-state index contributed by atoms with van der Waals surface area (Å²) in [6.07, 6.45) is 4.43. The summed E-state index contributed by atoms with van der Waals surface area (Å²) in [4.78, 5) is 11.9. The minimum atomic E-state index is 0.0367. The summed E-state index contributed by atoms with van der Waals surface area (Å²) >= 11 is 0. The molecule has 1 saturated carbocycles. The summed E-state index contributed by atoms with van der Waals surface area (Å²) in [5.74, 6) is 0.374. The Bertz CT molecular complexity index is 378. The van der Waals surface area contributed by atoms with E-state index in [0.717, 1.165) is 24.1 Å². The van der Waals surface area contributed by atoms with Crippen LogP contribution in [0.15, 0.2) is 24.3 Å². The first-order valence-corrected chi connectivity index (χ1v) is 6.33. The molecular weight excluding hydrogens is 212 g/mol. The molecule has 1 aromatic carbocycles. The van der Waals surface area contributed by atoms with Crippen LogP contribution >= 0.6 is 0 Å². The number of nitrogens with one attached hydrogen (secondary N) is 1. The van der Waals surface area contributed by atoms with E-state index in [9.17, 15) is 4.79 Å². The number of carbonyl (C=O) groups excluding carboxylic acids is 1. The zero-order valence-corrected chi connectivity index (χ0v) is 10.3. The summed E-state index contributed by atoms with van der Waals surface area (Å²) in [6, 6.07) is 7.82. The van der Waals surface area contributed by atoms with E-state index in [-0.39, 0.29) is 17.9 Å². The molecule has 1 aromatic rings. The van der Waals surface area contributed by atoms with Crippen molar-refractivity contribution in [2.24, 2.45) is 11.7 Å². The van der Waals surface area contributed by atoms with Crippen LogP contribution in [0.3, 0.4) is 0 Å². The molecule has 0 heterocycles. The van der Waals surface area contributed by atoms with Crippen molar-refractivity contribution in [3.63, 3.8) is 0 Å². The molecule has 1 aliphatic rings. The predicted octanol–water partition coefficient (Wildman–Crippen LogP) is 2.84. The maximum atomic E-state index is 11.9. The molecule has 1 unspecified atom stereocenters. The fourth-order valence-corrected chi connectivity index (χ4v) is 2.30.